The molecule has 0 spiro atoms. The van der Waals surface area contributed by atoms with Crippen molar-refractivity contribution in [1.82, 2.24) is 0 Å². The molecule has 5 nitrogen and oxygen atoms in total. The summed E-state index contributed by atoms with van der Waals surface area (Å²) in [6, 6.07) is 0. The van der Waals surface area contributed by atoms with Crippen LogP contribution < -0.4 is 0 Å². The van der Waals surface area contributed by atoms with Gasteiger partial charge in [-0.05, 0) is 6.42 Å². The molecule has 0 fully saturated rings. The predicted molar refractivity (Wildman–Crippen MR) is 52.7 cm³/mol. The zero-order chi connectivity index (χ0) is 11.7. The van der Waals surface area contributed by atoms with Gasteiger partial charge < -0.3 is 14.2 Å². The van der Waals surface area contributed by atoms with E-state index in [0.29, 0.717) is 6.61 Å². The second kappa shape index (κ2) is 7.99. The maximum absolute atomic E-state index is 10.7. The molecule has 0 N–H and O–H groups in total. The molecule has 0 aromatic heterocycles. The summed E-state index contributed by atoms with van der Waals surface area (Å²) < 4.78 is 14.5. The Balaban J connectivity index is 4.10. The summed E-state index contributed by atoms with van der Waals surface area (Å²) in [5.74, 6) is -0.769. The lowest BCUT2D eigenvalue weighted by molar-refractivity contribution is -0.140. The second-order valence-electron chi connectivity index (χ2n) is 2.84. The number of rotatable bonds is 6. The van der Waals surface area contributed by atoms with Crippen LogP contribution in [0.4, 0.5) is 0 Å². The van der Waals surface area contributed by atoms with Crippen LogP contribution in [0.5, 0.6) is 0 Å². The molecule has 0 saturated heterocycles. The van der Waals surface area contributed by atoms with Crippen LogP contribution >= 0.6 is 0 Å². The van der Waals surface area contributed by atoms with Crippen LogP contribution in [0.15, 0.2) is 12.0 Å². The lowest BCUT2D eigenvalue weighted by atomic mass is 10.5. The van der Waals surface area contributed by atoms with Crippen molar-refractivity contribution in [2.45, 2.75) is 27.2 Å². The van der Waals surface area contributed by atoms with Gasteiger partial charge in [0.15, 0.2) is 5.76 Å². The van der Waals surface area contributed by atoms with E-state index in [4.69, 9.17) is 9.47 Å². The Bertz CT molecular complexity index is 244. The Morgan fingerprint density at radius 3 is 2.33 bits per heavy atom. The molecule has 0 atom stereocenters. The number of esters is 2. The van der Waals surface area contributed by atoms with Crippen molar-refractivity contribution in [3.63, 3.8) is 0 Å². The van der Waals surface area contributed by atoms with Gasteiger partial charge in [-0.2, -0.15) is 0 Å². The van der Waals surface area contributed by atoms with E-state index in [1.165, 1.54) is 13.8 Å². The smallest absolute Gasteiger partial charge is 0.307 e. The Kier molecular flexibility index (Phi) is 7.27. The largest absolute Gasteiger partial charge is 0.431 e. The first-order valence-corrected chi connectivity index (χ1v) is 4.68. The standard InChI is InChI=1S/C10H16O5/c1-4-5-13-6-10(15-9(3)12)7-14-8(2)11/h7H,4-6H2,1-3H3/b10-7+. The number of carbonyl (C=O) groups excluding carboxylic acids is 2. The Hall–Kier alpha value is -1.36. The molecule has 86 valence electrons. The van der Waals surface area contributed by atoms with E-state index < -0.39 is 11.9 Å². The van der Waals surface area contributed by atoms with Gasteiger partial charge in [0.1, 0.15) is 12.9 Å². The van der Waals surface area contributed by atoms with E-state index in [-0.39, 0.29) is 12.4 Å². The topological polar surface area (TPSA) is 61.8 Å². The van der Waals surface area contributed by atoms with Crippen molar-refractivity contribution in [1.29, 1.82) is 0 Å². The SMILES string of the molecule is CCCOC/C(=C\OC(C)=O)OC(C)=O. The normalized spacial score (nSPS) is 11.0. The van der Waals surface area contributed by atoms with E-state index in [0.717, 1.165) is 12.7 Å². The predicted octanol–water partition coefficient (Wildman–Crippen LogP) is 1.38. The Morgan fingerprint density at radius 2 is 1.87 bits per heavy atom. The molecule has 5 heteroatoms. The quantitative estimate of drug-likeness (QED) is 0.381. The van der Waals surface area contributed by atoms with Crippen LogP contribution in [0.1, 0.15) is 27.2 Å². The second-order valence-corrected chi connectivity index (χ2v) is 2.84. The van der Waals surface area contributed by atoms with E-state index in [1.54, 1.807) is 0 Å². The molecule has 0 unspecified atom stereocenters. The number of ether oxygens (including phenoxy) is 3. The highest BCUT2D eigenvalue weighted by molar-refractivity contribution is 5.68. The third kappa shape index (κ3) is 8.96. The molecule has 0 aliphatic heterocycles. The third-order valence-electron chi connectivity index (χ3n) is 1.22. The summed E-state index contributed by atoms with van der Waals surface area (Å²) in [5, 5.41) is 0. The molecule has 0 aromatic rings. The zero-order valence-corrected chi connectivity index (χ0v) is 9.24. The molecule has 0 radical (unpaired) electrons. The highest BCUT2D eigenvalue weighted by Gasteiger charge is 2.04. The summed E-state index contributed by atoms with van der Waals surface area (Å²) in [5.41, 5.74) is 0. The van der Waals surface area contributed by atoms with Crippen molar-refractivity contribution in [3.05, 3.63) is 12.0 Å². The van der Waals surface area contributed by atoms with Crippen molar-refractivity contribution in [2.75, 3.05) is 13.2 Å². The molecule has 0 aliphatic carbocycles. The fourth-order valence-electron chi connectivity index (χ4n) is 0.738. The van der Waals surface area contributed by atoms with Gasteiger partial charge in [0.25, 0.3) is 0 Å². The Morgan fingerprint density at radius 1 is 1.20 bits per heavy atom. The van der Waals surface area contributed by atoms with E-state index in [2.05, 4.69) is 4.74 Å². The molecule has 0 saturated carbocycles. The highest BCUT2D eigenvalue weighted by atomic mass is 16.6. The fourth-order valence-corrected chi connectivity index (χ4v) is 0.738. The first-order valence-electron chi connectivity index (χ1n) is 4.68. The molecule has 0 aromatic carbocycles. The van der Waals surface area contributed by atoms with Gasteiger partial charge in [0.2, 0.25) is 0 Å². The minimum Gasteiger partial charge on any atom is -0.431 e. The van der Waals surface area contributed by atoms with E-state index in [9.17, 15) is 9.59 Å². The summed E-state index contributed by atoms with van der Waals surface area (Å²) in [6.45, 7) is 5.15. The van der Waals surface area contributed by atoms with Gasteiger partial charge in [-0.25, -0.2) is 0 Å². The molecule has 0 rings (SSSR count). The van der Waals surface area contributed by atoms with Gasteiger partial charge in [0, 0.05) is 20.5 Å². The van der Waals surface area contributed by atoms with E-state index in [1.807, 2.05) is 6.92 Å². The average Bonchev–Trinajstić information content (AvgIpc) is 2.13. The molecular formula is C10H16O5. The number of carbonyl (C=O) groups is 2. The van der Waals surface area contributed by atoms with Gasteiger partial charge >= 0.3 is 11.9 Å². The van der Waals surface area contributed by atoms with Crippen LogP contribution in [-0.4, -0.2) is 25.2 Å². The van der Waals surface area contributed by atoms with Gasteiger partial charge in [0.05, 0.1) is 0 Å². The van der Waals surface area contributed by atoms with Crippen LogP contribution in [0.2, 0.25) is 0 Å². The maximum Gasteiger partial charge on any atom is 0.307 e. The van der Waals surface area contributed by atoms with Gasteiger partial charge in [-0.1, -0.05) is 6.92 Å². The minimum absolute atomic E-state index is 0.112. The van der Waals surface area contributed by atoms with Crippen LogP contribution in [0.25, 0.3) is 0 Å². The molecule has 0 heterocycles. The molecule has 0 bridgehead atoms. The van der Waals surface area contributed by atoms with Crippen molar-refractivity contribution >= 4 is 11.9 Å². The highest BCUT2D eigenvalue weighted by Crippen LogP contribution is 2.00. The van der Waals surface area contributed by atoms with Crippen LogP contribution in [0.3, 0.4) is 0 Å². The van der Waals surface area contributed by atoms with Gasteiger partial charge in [-0.3, -0.25) is 9.59 Å². The number of hydrogen-bond acceptors (Lipinski definition) is 5. The Labute approximate surface area is 89.0 Å². The maximum atomic E-state index is 10.7. The first kappa shape index (κ1) is 13.6. The van der Waals surface area contributed by atoms with Crippen molar-refractivity contribution in [3.8, 4) is 0 Å². The lowest BCUT2D eigenvalue weighted by Crippen LogP contribution is -2.08. The van der Waals surface area contributed by atoms with Gasteiger partial charge in [-0.15, -0.1) is 0 Å². The summed E-state index contributed by atoms with van der Waals surface area (Å²) in [7, 11) is 0. The number of hydrogen-bond donors (Lipinski definition) is 0. The van der Waals surface area contributed by atoms with Crippen molar-refractivity contribution < 1.29 is 23.8 Å². The zero-order valence-electron chi connectivity index (χ0n) is 9.24. The molecule has 0 amide bonds. The summed E-state index contributed by atoms with van der Waals surface area (Å²) in [4.78, 5) is 21.2. The van der Waals surface area contributed by atoms with Crippen LogP contribution in [-0.2, 0) is 23.8 Å². The minimum atomic E-state index is -0.478. The third-order valence-corrected chi connectivity index (χ3v) is 1.22. The molecular weight excluding hydrogens is 200 g/mol. The summed E-state index contributed by atoms with van der Waals surface area (Å²) in [6.07, 6.45) is 1.94. The van der Waals surface area contributed by atoms with Crippen molar-refractivity contribution in [2.24, 2.45) is 0 Å². The molecule has 0 aliphatic rings. The first-order chi connectivity index (χ1) is 7.06. The van der Waals surface area contributed by atoms with E-state index >= 15 is 0 Å². The molecule has 15 heavy (non-hydrogen) atoms. The monoisotopic (exact) mass is 216 g/mol. The average molecular weight is 216 g/mol. The fraction of sp³-hybridized carbons (Fsp3) is 0.600. The summed E-state index contributed by atoms with van der Waals surface area (Å²) >= 11 is 0. The van der Waals surface area contributed by atoms with Crippen LogP contribution in [0, 0.1) is 0 Å². The lowest BCUT2D eigenvalue weighted by Gasteiger charge is -2.06.